The molecule has 0 saturated carbocycles. The van der Waals surface area contributed by atoms with Gasteiger partial charge in [0.05, 0.1) is 17.7 Å². The molecule has 9 heteroatoms. The highest BCUT2D eigenvalue weighted by Crippen LogP contribution is 2.32. The molecule has 0 aliphatic carbocycles. The number of carbonyl (C=O) groups excluding carboxylic acids is 1. The van der Waals surface area contributed by atoms with E-state index < -0.39 is 0 Å². The van der Waals surface area contributed by atoms with Crippen molar-refractivity contribution in [3.05, 3.63) is 99.0 Å². The highest BCUT2D eigenvalue weighted by atomic mass is 125. The van der Waals surface area contributed by atoms with Crippen LogP contribution in [0.15, 0.2) is 84.5 Å². The van der Waals surface area contributed by atoms with Crippen molar-refractivity contribution in [1.82, 2.24) is 19.9 Å². The molecule has 0 aliphatic heterocycles. The second-order valence-corrected chi connectivity index (χ2v) is 8.47. The quantitative estimate of drug-likeness (QED) is 0.0964. The number of benzene rings is 2. The Labute approximate surface area is 204 Å². The van der Waals surface area contributed by atoms with Crippen molar-refractivity contribution in [1.29, 1.82) is 0 Å². The van der Waals surface area contributed by atoms with Gasteiger partial charge in [0.2, 0.25) is 0 Å². The van der Waals surface area contributed by atoms with Gasteiger partial charge in [-0.3, -0.25) is 9.78 Å². The van der Waals surface area contributed by atoms with E-state index >= 15 is 0 Å². The Bertz CT molecular complexity index is 1300. The van der Waals surface area contributed by atoms with Gasteiger partial charge in [-0.15, -0.1) is 0 Å². The Hall–Kier alpha value is -3.69. The van der Waals surface area contributed by atoms with Crippen molar-refractivity contribution >= 4 is 34.2 Å². The molecule has 2 aromatic carbocycles. The fourth-order valence-electron chi connectivity index (χ4n) is 3.50. The molecule has 0 radical (unpaired) electrons. The standard InChI is InChI=1S/C24H20IN7O/c25-20-7-5-18(6-8-20)24(33)28-11-2-14-32-16-29-22(23(32)17-9-12-27-13-10-17)19-3-1-4-21(15-19)30-31-26/h1,3-10,12-13,15-16H,2,11,14H2,(H,28,33)/i25-2. The molecule has 0 bridgehead atoms. The molecule has 0 spiro atoms. The van der Waals surface area contributed by atoms with Crippen molar-refractivity contribution in [2.45, 2.75) is 13.0 Å². The molecule has 33 heavy (non-hydrogen) atoms. The van der Waals surface area contributed by atoms with Crippen LogP contribution in [0.25, 0.3) is 33.0 Å². The van der Waals surface area contributed by atoms with Crippen LogP contribution in [0, 0.1) is 3.57 Å². The lowest BCUT2D eigenvalue weighted by molar-refractivity contribution is 0.0952. The summed E-state index contributed by atoms with van der Waals surface area (Å²) >= 11 is 2.22. The van der Waals surface area contributed by atoms with E-state index in [1.165, 1.54) is 0 Å². The summed E-state index contributed by atoms with van der Waals surface area (Å²) in [6, 6.07) is 18.7. The zero-order valence-corrected chi connectivity index (χ0v) is 19.8. The summed E-state index contributed by atoms with van der Waals surface area (Å²) in [5.74, 6) is -0.0815. The molecule has 164 valence electrons. The largest absolute Gasteiger partial charge is 0.352 e. The molecule has 1 amide bonds. The number of hydrogen-bond acceptors (Lipinski definition) is 4. The van der Waals surface area contributed by atoms with E-state index in [-0.39, 0.29) is 5.91 Å². The number of halogens is 1. The molecule has 1 N–H and O–H groups in total. The first-order valence-electron chi connectivity index (χ1n) is 10.3. The van der Waals surface area contributed by atoms with Crippen LogP contribution in [-0.2, 0) is 6.54 Å². The number of hydrogen-bond donors (Lipinski definition) is 1. The van der Waals surface area contributed by atoms with E-state index in [1.807, 2.05) is 54.6 Å². The smallest absolute Gasteiger partial charge is 0.251 e. The van der Waals surface area contributed by atoms with E-state index in [4.69, 9.17) is 5.53 Å². The number of nitrogens with one attached hydrogen (secondary N) is 1. The summed E-state index contributed by atoms with van der Waals surface area (Å²) in [6.45, 7) is 1.22. The minimum atomic E-state index is -0.0815. The van der Waals surface area contributed by atoms with Gasteiger partial charge in [-0.05, 0) is 77.0 Å². The van der Waals surface area contributed by atoms with E-state index in [9.17, 15) is 4.79 Å². The SMILES string of the molecule is [N-]=[N+]=Nc1cccc(-c2ncn(CCCNC(=O)c3ccc([125I])cc3)c2-c2ccncc2)c1. The van der Waals surface area contributed by atoms with Gasteiger partial charge < -0.3 is 9.88 Å². The maximum atomic E-state index is 12.4. The Morgan fingerprint density at radius 1 is 1.09 bits per heavy atom. The molecule has 0 fully saturated rings. The maximum Gasteiger partial charge on any atom is 0.251 e. The van der Waals surface area contributed by atoms with Crippen LogP contribution in [0.3, 0.4) is 0 Å². The number of nitrogens with zero attached hydrogens (tertiary/aromatic N) is 6. The highest BCUT2D eigenvalue weighted by Gasteiger charge is 2.15. The van der Waals surface area contributed by atoms with Gasteiger partial charge in [-0.2, -0.15) is 0 Å². The first-order chi connectivity index (χ1) is 16.2. The van der Waals surface area contributed by atoms with Crippen LogP contribution in [0.4, 0.5) is 5.69 Å². The third kappa shape index (κ3) is 5.57. The van der Waals surface area contributed by atoms with Crippen LogP contribution in [0.2, 0.25) is 0 Å². The van der Waals surface area contributed by atoms with Gasteiger partial charge in [0.1, 0.15) is 0 Å². The molecular formula is C24H20IN7O. The van der Waals surface area contributed by atoms with Crippen LogP contribution in [-0.4, -0.2) is 27.0 Å². The first kappa shape index (κ1) is 22.5. The Kier molecular flexibility index (Phi) is 7.33. The van der Waals surface area contributed by atoms with Crippen molar-refractivity contribution < 1.29 is 4.79 Å². The number of aryl methyl sites for hydroxylation is 1. The predicted molar refractivity (Wildman–Crippen MR) is 136 cm³/mol. The topological polar surface area (TPSA) is 109 Å². The van der Waals surface area contributed by atoms with Gasteiger partial charge >= 0.3 is 0 Å². The number of imidazole rings is 1. The summed E-state index contributed by atoms with van der Waals surface area (Å²) in [5, 5.41) is 6.68. The van der Waals surface area contributed by atoms with Gasteiger partial charge in [-0.1, -0.05) is 23.3 Å². The lowest BCUT2D eigenvalue weighted by atomic mass is 10.0. The zero-order valence-electron chi connectivity index (χ0n) is 17.6. The summed E-state index contributed by atoms with van der Waals surface area (Å²) < 4.78 is 3.16. The second kappa shape index (κ2) is 10.8. The van der Waals surface area contributed by atoms with Gasteiger partial charge in [-0.25, -0.2) is 4.98 Å². The number of amides is 1. The molecule has 0 saturated heterocycles. The monoisotopic (exact) mass is 547 g/mol. The van der Waals surface area contributed by atoms with Gasteiger partial charge in [0.15, 0.2) is 0 Å². The maximum absolute atomic E-state index is 12.4. The van der Waals surface area contributed by atoms with E-state index in [1.54, 1.807) is 24.8 Å². The van der Waals surface area contributed by atoms with Crippen molar-refractivity contribution in [2.24, 2.45) is 5.11 Å². The van der Waals surface area contributed by atoms with Gasteiger partial charge in [0.25, 0.3) is 5.91 Å². The van der Waals surface area contributed by atoms with Crippen molar-refractivity contribution in [3.63, 3.8) is 0 Å². The minimum Gasteiger partial charge on any atom is -0.352 e. The van der Waals surface area contributed by atoms with Crippen LogP contribution < -0.4 is 5.32 Å². The molecule has 4 aromatic rings. The molecule has 0 unspecified atom stereocenters. The van der Waals surface area contributed by atoms with Crippen LogP contribution in [0.5, 0.6) is 0 Å². The number of aromatic nitrogens is 3. The molecule has 0 aliphatic rings. The molecular weight excluding hydrogens is 527 g/mol. The molecule has 4 rings (SSSR count). The number of pyridine rings is 1. The second-order valence-electron chi connectivity index (χ2n) is 7.23. The normalized spacial score (nSPS) is 10.5. The third-order valence-electron chi connectivity index (χ3n) is 5.04. The predicted octanol–water partition coefficient (Wildman–Crippen LogP) is 5.98. The van der Waals surface area contributed by atoms with E-state index in [0.717, 1.165) is 32.5 Å². The summed E-state index contributed by atoms with van der Waals surface area (Å²) in [5.41, 5.74) is 13.5. The number of azide groups is 1. The Morgan fingerprint density at radius 3 is 2.64 bits per heavy atom. The Morgan fingerprint density at radius 2 is 1.88 bits per heavy atom. The lowest BCUT2D eigenvalue weighted by Crippen LogP contribution is -2.25. The van der Waals surface area contributed by atoms with E-state index in [0.29, 0.717) is 24.3 Å². The fourth-order valence-corrected chi connectivity index (χ4v) is 3.86. The average molecular weight is 547 g/mol. The van der Waals surface area contributed by atoms with Crippen LogP contribution >= 0.6 is 22.6 Å². The molecule has 2 aromatic heterocycles. The lowest BCUT2D eigenvalue weighted by Gasteiger charge is -2.11. The molecule has 8 nitrogen and oxygen atoms in total. The fraction of sp³-hybridized carbons (Fsp3) is 0.125. The Balaban J connectivity index is 1.52. The minimum absolute atomic E-state index is 0.0815. The summed E-state index contributed by atoms with van der Waals surface area (Å²) in [7, 11) is 0. The molecule has 0 atom stereocenters. The first-order valence-corrected chi connectivity index (χ1v) is 11.4. The number of rotatable bonds is 8. The van der Waals surface area contributed by atoms with Gasteiger partial charge in [0, 0.05) is 56.3 Å². The molecule has 2 heterocycles. The average Bonchev–Trinajstić information content (AvgIpc) is 3.27. The number of carbonyl (C=O) groups is 1. The summed E-state index contributed by atoms with van der Waals surface area (Å²) in [4.78, 5) is 24.0. The third-order valence-corrected chi connectivity index (χ3v) is 5.76. The highest BCUT2D eigenvalue weighted by molar-refractivity contribution is 14.1. The zero-order chi connectivity index (χ0) is 23.0. The summed E-state index contributed by atoms with van der Waals surface area (Å²) in [6.07, 6.45) is 6.03. The van der Waals surface area contributed by atoms with Crippen molar-refractivity contribution in [3.8, 4) is 22.5 Å². The van der Waals surface area contributed by atoms with Crippen LogP contribution in [0.1, 0.15) is 16.8 Å². The van der Waals surface area contributed by atoms with Crippen molar-refractivity contribution in [2.75, 3.05) is 6.54 Å². The van der Waals surface area contributed by atoms with E-state index in [2.05, 4.69) is 52.5 Å².